The first-order valence-electron chi connectivity index (χ1n) is 8.41. The Kier molecular flexibility index (Phi) is 2.81. The number of imide groups is 1. The highest BCUT2D eigenvalue weighted by Gasteiger charge is 2.67. The summed E-state index contributed by atoms with van der Waals surface area (Å²) in [6.07, 6.45) is 6.78. The Morgan fingerprint density at radius 1 is 1.04 bits per heavy atom. The lowest BCUT2D eigenvalue weighted by Crippen LogP contribution is -2.40. The van der Waals surface area contributed by atoms with Gasteiger partial charge in [-0.3, -0.25) is 19.7 Å². The van der Waals surface area contributed by atoms with E-state index in [0.717, 1.165) is 11.4 Å². The maximum Gasteiger partial charge on any atom is 0.269 e. The molecule has 0 spiro atoms. The molecule has 1 heterocycles. The van der Waals surface area contributed by atoms with Gasteiger partial charge in [0.25, 0.3) is 17.5 Å². The van der Waals surface area contributed by atoms with E-state index in [1.807, 2.05) is 0 Å². The minimum Gasteiger partial charge on any atom is -0.272 e. The number of rotatable bonds is 3. The molecule has 5 aliphatic rings. The van der Waals surface area contributed by atoms with Crippen LogP contribution in [0, 0.1) is 45.6 Å². The van der Waals surface area contributed by atoms with Crippen LogP contribution in [0.15, 0.2) is 41.5 Å². The summed E-state index contributed by atoms with van der Waals surface area (Å²) < 4.78 is 0. The second-order valence-electron chi connectivity index (χ2n) is 7.24. The van der Waals surface area contributed by atoms with Gasteiger partial charge in [0.1, 0.15) is 0 Å². The second kappa shape index (κ2) is 4.84. The third kappa shape index (κ3) is 1.95. The standard InChI is InChI=1S/C18H15N3O4/c22-17-15-11-5-6-12(14-7-13(11)14)16(15)18(23)20(17)19-8-9-1-3-10(4-2-9)21(24)25/h1-6,8,11-16H,7H2/b19-8+. The highest BCUT2D eigenvalue weighted by atomic mass is 16.6. The second-order valence-corrected chi connectivity index (χ2v) is 7.24. The van der Waals surface area contributed by atoms with Crippen molar-refractivity contribution in [2.24, 2.45) is 40.6 Å². The number of hydrogen-bond acceptors (Lipinski definition) is 5. The Morgan fingerprint density at radius 3 is 2.12 bits per heavy atom. The van der Waals surface area contributed by atoms with Crippen LogP contribution >= 0.6 is 0 Å². The van der Waals surface area contributed by atoms with E-state index in [4.69, 9.17) is 0 Å². The summed E-state index contributed by atoms with van der Waals surface area (Å²) >= 11 is 0. The molecular formula is C18H15N3O4. The van der Waals surface area contributed by atoms with Gasteiger partial charge >= 0.3 is 0 Å². The topological polar surface area (TPSA) is 92.9 Å². The van der Waals surface area contributed by atoms with E-state index in [1.54, 1.807) is 12.1 Å². The molecule has 0 aromatic heterocycles. The molecule has 25 heavy (non-hydrogen) atoms. The van der Waals surface area contributed by atoms with Crippen LogP contribution in [-0.2, 0) is 9.59 Å². The van der Waals surface area contributed by atoms with Crippen molar-refractivity contribution in [3.05, 3.63) is 52.1 Å². The lowest BCUT2D eigenvalue weighted by atomic mass is 9.63. The zero-order valence-electron chi connectivity index (χ0n) is 13.2. The van der Waals surface area contributed by atoms with Crippen molar-refractivity contribution < 1.29 is 14.5 Å². The molecule has 2 amide bonds. The number of nitro benzene ring substituents is 1. The van der Waals surface area contributed by atoms with Crippen molar-refractivity contribution in [1.82, 2.24) is 5.01 Å². The highest BCUT2D eigenvalue weighted by molar-refractivity contribution is 6.06. The monoisotopic (exact) mass is 337 g/mol. The van der Waals surface area contributed by atoms with Gasteiger partial charge in [-0.25, -0.2) is 0 Å². The molecule has 6 unspecified atom stereocenters. The summed E-state index contributed by atoms with van der Waals surface area (Å²) in [5.74, 6) is 0.529. The number of nitrogens with zero attached hydrogens (tertiary/aromatic N) is 3. The van der Waals surface area contributed by atoms with Gasteiger partial charge in [0.2, 0.25) is 0 Å². The van der Waals surface area contributed by atoms with Crippen LogP contribution in [0.25, 0.3) is 0 Å². The number of hydrogen-bond donors (Lipinski definition) is 0. The van der Waals surface area contributed by atoms with Crippen LogP contribution in [0.2, 0.25) is 0 Å². The first kappa shape index (κ1) is 14.5. The van der Waals surface area contributed by atoms with Crippen molar-refractivity contribution in [2.45, 2.75) is 6.42 Å². The summed E-state index contributed by atoms with van der Waals surface area (Å²) in [6.45, 7) is 0. The number of carbonyl (C=O) groups excluding carboxylic acids is 2. The zero-order valence-corrected chi connectivity index (χ0v) is 13.2. The van der Waals surface area contributed by atoms with Crippen LogP contribution in [0.5, 0.6) is 0 Å². The Balaban J connectivity index is 1.39. The molecule has 7 nitrogen and oxygen atoms in total. The number of benzene rings is 1. The lowest BCUT2D eigenvalue weighted by Gasteiger charge is -2.37. The number of hydrazone groups is 1. The number of non-ortho nitro benzene ring substituents is 1. The molecule has 0 radical (unpaired) electrons. The third-order valence-corrected chi connectivity index (χ3v) is 6.07. The maximum absolute atomic E-state index is 12.7. The fourth-order valence-electron chi connectivity index (χ4n) is 4.86. The first-order valence-corrected chi connectivity index (χ1v) is 8.41. The molecule has 6 atom stereocenters. The van der Waals surface area contributed by atoms with E-state index in [0.29, 0.717) is 17.4 Å². The summed E-state index contributed by atoms with van der Waals surface area (Å²) in [5.41, 5.74) is 0.586. The van der Waals surface area contributed by atoms with Crippen LogP contribution in [-0.4, -0.2) is 28.0 Å². The molecule has 7 heteroatoms. The lowest BCUT2D eigenvalue weighted by molar-refractivity contribution is -0.384. The number of amides is 2. The molecule has 126 valence electrons. The van der Waals surface area contributed by atoms with Gasteiger partial charge in [-0.05, 0) is 47.8 Å². The van der Waals surface area contributed by atoms with Crippen LogP contribution < -0.4 is 0 Å². The van der Waals surface area contributed by atoms with Gasteiger partial charge in [-0.15, -0.1) is 0 Å². The predicted molar refractivity (Wildman–Crippen MR) is 87.2 cm³/mol. The van der Waals surface area contributed by atoms with Gasteiger partial charge in [0.15, 0.2) is 0 Å². The SMILES string of the molecule is O=C1C2C3C=CC(C4CC34)C2C(=O)N1/N=C/c1ccc([N+](=O)[O-])cc1. The fourth-order valence-corrected chi connectivity index (χ4v) is 4.86. The minimum atomic E-state index is -0.479. The van der Waals surface area contributed by atoms with Gasteiger partial charge in [0, 0.05) is 12.1 Å². The molecule has 1 saturated heterocycles. The number of allylic oxidation sites excluding steroid dienone is 2. The van der Waals surface area contributed by atoms with Gasteiger partial charge in [0.05, 0.1) is 23.0 Å². The van der Waals surface area contributed by atoms with E-state index in [1.165, 1.54) is 18.3 Å². The maximum atomic E-state index is 12.7. The van der Waals surface area contributed by atoms with Crippen LogP contribution in [0.3, 0.4) is 0 Å². The number of nitro groups is 1. The van der Waals surface area contributed by atoms with Crippen molar-refractivity contribution >= 4 is 23.7 Å². The minimum absolute atomic E-state index is 0.0154. The van der Waals surface area contributed by atoms with Crippen LogP contribution in [0.1, 0.15) is 12.0 Å². The molecule has 4 aliphatic carbocycles. The summed E-state index contributed by atoms with van der Waals surface area (Å²) in [6, 6.07) is 5.82. The van der Waals surface area contributed by atoms with E-state index < -0.39 is 4.92 Å². The van der Waals surface area contributed by atoms with E-state index in [9.17, 15) is 19.7 Å². The van der Waals surface area contributed by atoms with Gasteiger partial charge in [-0.2, -0.15) is 10.1 Å². The molecule has 1 aromatic rings. The fraction of sp³-hybridized carbons (Fsp3) is 0.389. The molecule has 6 rings (SSSR count). The molecule has 1 aromatic carbocycles. The molecular weight excluding hydrogens is 322 g/mol. The van der Waals surface area contributed by atoms with E-state index in [2.05, 4.69) is 17.3 Å². The van der Waals surface area contributed by atoms with E-state index in [-0.39, 0.29) is 41.2 Å². The Morgan fingerprint density at radius 2 is 1.60 bits per heavy atom. The van der Waals surface area contributed by atoms with Crippen molar-refractivity contribution in [3.63, 3.8) is 0 Å². The summed E-state index contributed by atoms with van der Waals surface area (Å²) in [4.78, 5) is 35.7. The van der Waals surface area contributed by atoms with E-state index >= 15 is 0 Å². The van der Waals surface area contributed by atoms with Crippen molar-refractivity contribution in [1.29, 1.82) is 0 Å². The highest BCUT2D eigenvalue weighted by Crippen LogP contribution is 2.65. The Bertz CT molecular complexity index is 824. The predicted octanol–water partition coefficient (Wildman–Crippen LogP) is 1.98. The first-order chi connectivity index (χ1) is 12.1. The Hall–Kier alpha value is -2.83. The van der Waals surface area contributed by atoms with Crippen LogP contribution in [0.4, 0.5) is 5.69 Å². The molecule has 0 N–H and O–H groups in total. The number of carbonyl (C=O) groups is 2. The smallest absolute Gasteiger partial charge is 0.269 e. The average molecular weight is 337 g/mol. The molecule has 3 fully saturated rings. The molecule has 2 saturated carbocycles. The quantitative estimate of drug-likeness (QED) is 0.277. The third-order valence-electron chi connectivity index (χ3n) is 6.07. The zero-order chi connectivity index (χ0) is 17.3. The van der Waals surface area contributed by atoms with Crippen molar-refractivity contribution in [2.75, 3.05) is 0 Å². The normalized spacial score (nSPS) is 37.5. The van der Waals surface area contributed by atoms with Crippen molar-refractivity contribution in [3.8, 4) is 0 Å². The van der Waals surface area contributed by atoms with Gasteiger partial charge in [-0.1, -0.05) is 12.2 Å². The van der Waals surface area contributed by atoms with Gasteiger partial charge < -0.3 is 0 Å². The summed E-state index contributed by atoms with van der Waals surface area (Å²) in [7, 11) is 0. The Labute approximate surface area is 143 Å². The molecule has 1 aliphatic heterocycles. The molecule has 2 bridgehead atoms. The summed E-state index contributed by atoms with van der Waals surface area (Å²) in [5, 5.41) is 15.8. The largest absolute Gasteiger partial charge is 0.272 e. The average Bonchev–Trinajstić information content (AvgIpc) is 3.39.